The number of aromatic hydroxyl groups is 1. The number of carbonyl (C=O) groups excluding carboxylic acids is 1. The van der Waals surface area contributed by atoms with E-state index in [1.54, 1.807) is 24.3 Å². The van der Waals surface area contributed by atoms with E-state index in [0.717, 1.165) is 21.9 Å². The van der Waals surface area contributed by atoms with E-state index in [-0.39, 0.29) is 11.8 Å². The summed E-state index contributed by atoms with van der Waals surface area (Å²) in [7, 11) is 1.34. The number of hydrogen-bond donors (Lipinski definition) is 2. The summed E-state index contributed by atoms with van der Waals surface area (Å²) in [6, 6.07) is 20.4. The molecule has 2 N–H and O–H groups in total. The Kier molecular flexibility index (Phi) is 4.15. The summed E-state index contributed by atoms with van der Waals surface area (Å²) >= 11 is 0. The molecule has 0 fully saturated rings. The topological polar surface area (TPSA) is 58.6 Å². The Balaban J connectivity index is 2.13. The maximum atomic E-state index is 11.8. The standard InChI is InChI=1S/C19H17NO3/c1-23-19(22)20-18(14-9-11-15(21)12-10-14)17-8-4-6-13-5-2-3-7-16(13)17/h2-12,18,21H,1H3,(H,20,22)/t18-/m0/s1. The van der Waals surface area contributed by atoms with Crippen molar-refractivity contribution in [1.82, 2.24) is 5.32 Å². The molecule has 4 nitrogen and oxygen atoms in total. The van der Waals surface area contributed by atoms with Crippen molar-refractivity contribution in [2.45, 2.75) is 6.04 Å². The van der Waals surface area contributed by atoms with Crippen LogP contribution in [0, 0.1) is 0 Å². The lowest BCUT2D eigenvalue weighted by Crippen LogP contribution is -2.29. The number of phenols is 1. The van der Waals surface area contributed by atoms with Crippen LogP contribution in [0.5, 0.6) is 5.75 Å². The fourth-order valence-electron chi connectivity index (χ4n) is 2.69. The maximum Gasteiger partial charge on any atom is 0.407 e. The Morgan fingerprint density at radius 1 is 1.00 bits per heavy atom. The van der Waals surface area contributed by atoms with E-state index in [9.17, 15) is 9.90 Å². The minimum absolute atomic E-state index is 0.184. The third kappa shape index (κ3) is 3.11. The first-order chi connectivity index (χ1) is 11.2. The molecule has 3 aromatic carbocycles. The number of benzene rings is 3. The SMILES string of the molecule is COC(=O)N[C@@H](c1ccc(O)cc1)c1cccc2ccccc12. The normalized spacial score (nSPS) is 11.9. The van der Waals surface area contributed by atoms with Crippen molar-refractivity contribution in [2.24, 2.45) is 0 Å². The number of nitrogens with one attached hydrogen (secondary N) is 1. The lowest BCUT2D eigenvalue weighted by atomic mass is 9.94. The van der Waals surface area contributed by atoms with E-state index in [0.29, 0.717) is 0 Å². The van der Waals surface area contributed by atoms with Gasteiger partial charge < -0.3 is 15.2 Å². The van der Waals surface area contributed by atoms with E-state index >= 15 is 0 Å². The van der Waals surface area contributed by atoms with Crippen LogP contribution in [-0.2, 0) is 4.74 Å². The monoisotopic (exact) mass is 307 g/mol. The highest BCUT2D eigenvalue weighted by Crippen LogP contribution is 2.30. The third-order valence-electron chi connectivity index (χ3n) is 3.81. The average Bonchev–Trinajstić information content (AvgIpc) is 2.60. The van der Waals surface area contributed by atoms with Crippen molar-refractivity contribution in [3.63, 3.8) is 0 Å². The summed E-state index contributed by atoms with van der Waals surface area (Å²) in [5.74, 6) is 0.184. The fraction of sp³-hybridized carbons (Fsp3) is 0.105. The van der Waals surface area contributed by atoms with E-state index in [1.165, 1.54) is 7.11 Å². The molecule has 0 spiro atoms. The Morgan fingerprint density at radius 2 is 1.70 bits per heavy atom. The first kappa shape index (κ1) is 14.9. The zero-order valence-electron chi connectivity index (χ0n) is 12.7. The van der Waals surface area contributed by atoms with Crippen LogP contribution in [0.25, 0.3) is 10.8 Å². The van der Waals surface area contributed by atoms with E-state index in [1.807, 2.05) is 42.5 Å². The molecule has 4 heteroatoms. The van der Waals surface area contributed by atoms with E-state index in [4.69, 9.17) is 4.74 Å². The van der Waals surface area contributed by atoms with Crippen LogP contribution in [0.3, 0.4) is 0 Å². The van der Waals surface area contributed by atoms with Crippen LogP contribution in [0.1, 0.15) is 17.2 Å². The summed E-state index contributed by atoms with van der Waals surface area (Å²) in [6.45, 7) is 0. The van der Waals surface area contributed by atoms with Crippen LogP contribution in [0.4, 0.5) is 4.79 Å². The van der Waals surface area contributed by atoms with Crippen LogP contribution >= 0.6 is 0 Å². The van der Waals surface area contributed by atoms with Crippen molar-refractivity contribution in [2.75, 3.05) is 7.11 Å². The number of hydrogen-bond acceptors (Lipinski definition) is 3. The highest BCUT2D eigenvalue weighted by Gasteiger charge is 2.19. The number of phenolic OH excluding ortho intramolecular Hbond substituents is 1. The summed E-state index contributed by atoms with van der Waals surface area (Å²) in [5, 5.41) is 14.5. The fourth-order valence-corrected chi connectivity index (χ4v) is 2.69. The molecule has 0 radical (unpaired) electrons. The number of carbonyl (C=O) groups is 1. The Bertz CT molecular complexity index is 822. The second kappa shape index (κ2) is 6.40. The highest BCUT2D eigenvalue weighted by atomic mass is 16.5. The lowest BCUT2D eigenvalue weighted by Gasteiger charge is -2.21. The van der Waals surface area contributed by atoms with Gasteiger partial charge >= 0.3 is 6.09 Å². The molecule has 3 rings (SSSR count). The predicted octanol–water partition coefficient (Wildman–Crippen LogP) is 3.99. The summed E-state index contributed by atoms with van der Waals surface area (Å²) in [5.41, 5.74) is 1.84. The molecule has 1 amide bonds. The second-order valence-corrected chi connectivity index (χ2v) is 5.23. The largest absolute Gasteiger partial charge is 0.508 e. The van der Waals surface area contributed by atoms with Gasteiger partial charge in [0.05, 0.1) is 13.2 Å². The number of methoxy groups -OCH3 is 1. The zero-order chi connectivity index (χ0) is 16.2. The van der Waals surface area contributed by atoms with Gasteiger partial charge in [-0.25, -0.2) is 4.79 Å². The third-order valence-corrected chi connectivity index (χ3v) is 3.81. The molecular formula is C19H17NO3. The van der Waals surface area contributed by atoms with Crippen LogP contribution < -0.4 is 5.32 Å². The van der Waals surface area contributed by atoms with Gasteiger partial charge in [0.25, 0.3) is 0 Å². The van der Waals surface area contributed by atoms with Gasteiger partial charge in [0.2, 0.25) is 0 Å². The molecule has 116 valence electrons. The summed E-state index contributed by atoms with van der Waals surface area (Å²) < 4.78 is 4.76. The molecule has 0 aliphatic heterocycles. The second-order valence-electron chi connectivity index (χ2n) is 5.23. The molecule has 0 aliphatic rings. The van der Waals surface area contributed by atoms with Gasteiger partial charge in [-0.3, -0.25) is 0 Å². The first-order valence-electron chi connectivity index (χ1n) is 7.30. The number of alkyl carbamates (subject to hydrolysis) is 1. The molecule has 0 aliphatic carbocycles. The van der Waals surface area contributed by atoms with Crippen LogP contribution in [-0.4, -0.2) is 18.3 Å². The van der Waals surface area contributed by atoms with Gasteiger partial charge in [0.1, 0.15) is 5.75 Å². The first-order valence-corrected chi connectivity index (χ1v) is 7.30. The Labute approximate surface area is 134 Å². The van der Waals surface area contributed by atoms with E-state index in [2.05, 4.69) is 5.32 Å². The molecule has 23 heavy (non-hydrogen) atoms. The molecule has 0 saturated heterocycles. The maximum absolute atomic E-state index is 11.8. The zero-order valence-corrected chi connectivity index (χ0v) is 12.7. The average molecular weight is 307 g/mol. The molecule has 0 unspecified atom stereocenters. The Hall–Kier alpha value is -3.01. The number of rotatable bonds is 3. The summed E-state index contributed by atoms with van der Waals surface area (Å²) in [6.07, 6.45) is -0.504. The minimum Gasteiger partial charge on any atom is -0.508 e. The molecule has 0 saturated carbocycles. The molecule has 3 aromatic rings. The van der Waals surface area contributed by atoms with Gasteiger partial charge in [-0.05, 0) is 34.0 Å². The van der Waals surface area contributed by atoms with Crippen LogP contribution in [0.2, 0.25) is 0 Å². The Morgan fingerprint density at radius 3 is 2.43 bits per heavy atom. The van der Waals surface area contributed by atoms with Gasteiger partial charge in [0, 0.05) is 0 Å². The van der Waals surface area contributed by atoms with Crippen molar-refractivity contribution >= 4 is 16.9 Å². The van der Waals surface area contributed by atoms with Crippen LogP contribution in [0.15, 0.2) is 66.7 Å². The van der Waals surface area contributed by atoms with Gasteiger partial charge in [-0.2, -0.15) is 0 Å². The van der Waals surface area contributed by atoms with Crippen molar-refractivity contribution in [1.29, 1.82) is 0 Å². The predicted molar refractivity (Wildman–Crippen MR) is 89.4 cm³/mol. The van der Waals surface area contributed by atoms with Crippen molar-refractivity contribution in [3.05, 3.63) is 77.9 Å². The molecule has 0 aromatic heterocycles. The number of fused-ring (bicyclic) bond motifs is 1. The van der Waals surface area contributed by atoms with Gasteiger partial charge in [0.15, 0.2) is 0 Å². The van der Waals surface area contributed by atoms with Gasteiger partial charge in [-0.15, -0.1) is 0 Å². The summed E-state index contributed by atoms with van der Waals surface area (Å²) in [4.78, 5) is 11.8. The van der Waals surface area contributed by atoms with Gasteiger partial charge in [-0.1, -0.05) is 54.6 Å². The quantitative estimate of drug-likeness (QED) is 0.769. The number of amides is 1. The molecule has 0 heterocycles. The smallest absolute Gasteiger partial charge is 0.407 e. The molecule has 1 atom stereocenters. The highest BCUT2D eigenvalue weighted by molar-refractivity contribution is 5.87. The molecule has 0 bridgehead atoms. The van der Waals surface area contributed by atoms with Crippen molar-refractivity contribution in [3.8, 4) is 5.75 Å². The lowest BCUT2D eigenvalue weighted by molar-refractivity contribution is 0.168. The van der Waals surface area contributed by atoms with Crippen molar-refractivity contribution < 1.29 is 14.6 Å². The number of ether oxygens (including phenoxy) is 1. The van der Waals surface area contributed by atoms with E-state index < -0.39 is 6.09 Å². The minimum atomic E-state index is -0.504. The molecular weight excluding hydrogens is 290 g/mol.